The second-order valence-corrected chi connectivity index (χ2v) is 3.09. The van der Waals surface area contributed by atoms with Crippen LogP contribution in [-0.2, 0) is 6.54 Å². The highest BCUT2D eigenvalue weighted by Gasteiger charge is 2.03. The largest absolute Gasteiger partial charge is 0.390 e. The number of aromatic nitrogens is 2. The molecule has 1 heterocycles. The minimum Gasteiger partial charge on any atom is -0.390 e. The average Bonchev–Trinajstić information content (AvgIpc) is 2.57. The van der Waals surface area contributed by atoms with E-state index in [1.807, 2.05) is 12.3 Å². The fourth-order valence-corrected chi connectivity index (χ4v) is 1.13. The van der Waals surface area contributed by atoms with Crippen molar-refractivity contribution in [3.05, 3.63) is 18.5 Å². The number of aliphatic hydroxyl groups excluding tert-OH is 1. The lowest BCUT2D eigenvalue weighted by molar-refractivity contribution is 0.147. The third-order valence-electron chi connectivity index (χ3n) is 1.76. The normalized spacial score (nSPS) is 13.1. The molecule has 0 aliphatic rings. The van der Waals surface area contributed by atoms with Crippen LogP contribution in [0.4, 0.5) is 0 Å². The molecule has 0 aromatic carbocycles. The second kappa shape index (κ2) is 5.72. The molecule has 13 heavy (non-hydrogen) atoms. The molecule has 74 valence electrons. The summed E-state index contributed by atoms with van der Waals surface area (Å²) in [6.07, 6.45) is 4.30. The highest BCUT2D eigenvalue weighted by molar-refractivity contribution is 4.78. The van der Waals surface area contributed by atoms with E-state index in [4.69, 9.17) is 0 Å². The third-order valence-corrected chi connectivity index (χ3v) is 1.76. The zero-order valence-electron chi connectivity index (χ0n) is 7.98. The minimum atomic E-state index is -0.355. The van der Waals surface area contributed by atoms with Gasteiger partial charge >= 0.3 is 0 Å². The highest BCUT2D eigenvalue weighted by atomic mass is 16.3. The maximum atomic E-state index is 9.52. The van der Waals surface area contributed by atoms with Crippen molar-refractivity contribution in [1.82, 2.24) is 15.1 Å². The number of aliphatic hydroxyl groups is 1. The molecule has 0 spiro atoms. The molecule has 2 N–H and O–H groups in total. The summed E-state index contributed by atoms with van der Waals surface area (Å²) >= 11 is 0. The van der Waals surface area contributed by atoms with Gasteiger partial charge in [0.2, 0.25) is 0 Å². The lowest BCUT2D eigenvalue weighted by atomic mass is 10.3. The second-order valence-electron chi connectivity index (χ2n) is 3.09. The van der Waals surface area contributed by atoms with Crippen molar-refractivity contribution < 1.29 is 5.11 Å². The molecule has 0 amide bonds. The van der Waals surface area contributed by atoms with E-state index in [0.717, 1.165) is 13.0 Å². The van der Waals surface area contributed by atoms with Gasteiger partial charge in [-0.2, -0.15) is 5.10 Å². The Morgan fingerprint density at radius 3 is 3.08 bits per heavy atom. The van der Waals surface area contributed by atoms with E-state index in [1.165, 1.54) is 0 Å². The van der Waals surface area contributed by atoms with E-state index in [1.54, 1.807) is 10.9 Å². The first-order chi connectivity index (χ1) is 6.33. The van der Waals surface area contributed by atoms with Crippen LogP contribution >= 0.6 is 0 Å². The molecule has 0 saturated heterocycles. The number of hydrogen-bond acceptors (Lipinski definition) is 3. The molecule has 1 aromatic rings. The summed E-state index contributed by atoms with van der Waals surface area (Å²) in [6, 6.07) is 1.85. The van der Waals surface area contributed by atoms with E-state index < -0.39 is 0 Å². The predicted molar refractivity (Wildman–Crippen MR) is 51.4 cm³/mol. The summed E-state index contributed by atoms with van der Waals surface area (Å²) in [6.45, 7) is 4.25. The molecule has 0 saturated carbocycles. The number of hydrogen-bond donors (Lipinski definition) is 2. The van der Waals surface area contributed by atoms with Crippen molar-refractivity contribution in [1.29, 1.82) is 0 Å². The van der Waals surface area contributed by atoms with Crippen molar-refractivity contribution in [3.8, 4) is 0 Å². The van der Waals surface area contributed by atoms with Gasteiger partial charge in [0.1, 0.15) is 0 Å². The smallest absolute Gasteiger partial charge is 0.0860 e. The maximum Gasteiger partial charge on any atom is 0.0860 e. The van der Waals surface area contributed by atoms with Gasteiger partial charge in [0.05, 0.1) is 12.6 Å². The van der Waals surface area contributed by atoms with E-state index >= 15 is 0 Å². The van der Waals surface area contributed by atoms with Gasteiger partial charge in [-0.1, -0.05) is 6.92 Å². The number of nitrogens with one attached hydrogen (secondary N) is 1. The van der Waals surface area contributed by atoms with Gasteiger partial charge in [-0.05, 0) is 19.0 Å². The zero-order valence-corrected chi connectivity index (χ0v) is 7.98. The van der Waals surface area contributed by atoms with Gasteiger partial charge in [0.15, 0.2) is 0 Å². The lowest BCUT2D eigenvalue weighted by Gasteiger charge is -2.10. The molecule has 0 radical (unpaired) electrons. The molecule has 1 atom stereocenters. The number of nitrogens with zero attached hydrogens (tertiary/aromatic N) is 2. The first-order valence-corrected chi connectivity index (χ1v) is 4.69. The Hall–Kier alpha value is -0.870. The Kier molecular flexibility index (Phi) is 4.49. The van der Waals surface area contributed by atoms with Crippen molar-refractivity contribution >= 4 is 0 Å². The fourth-order valence-electron chi connectivity index (χ4n) is 1.13. The Morgan fingerprint density at radius 1 is 1.62 bits per heavy atom. The van der Waals surface area contributed by atoms with Crippen LogP contribution in [-0.4, -0.2) is 34.1 Å². The maximum absolute atomic E-state index is 9.52. The fraction of sp³-hybridized carbons (Fsp3) is 0.667. The molecule has 0 aliphatic carbocycles. The third kappa shape index (κ3) is 4.05. The van der Waals surface area contributed by atoms with Gasteiger partial charge in [0, 0.05) is 18.9 Å². The van der Waals surface area contributed by atoms with Gasteiger partial charge in [0.25, 0.3) is 0 Å². The lowest BCUT2D eigenvalue weighted by Crippen LogP contribution is -2.30. The van der Waals surface area contributed by atoms with Crippen LogP contribution in [0.15, 0.2) is 18.5 Å². The molecule has 1 rings (SSSR count). The minimum absolute atomic E-state index is 0.355. The summed E-state index contributed by atoms with van der Waals surface area (Å²) in [7, 11) is 0. The molecule has 1 aromatic heterocycles. The molecule has 0 fully saturated rings. The first-order valence-electron chi connectivity index (χ1n) is 4.69. The van der Waals surface area contributed by atoms with Gasteiger partial charge < -0.3 is 10.4 Å². The van der Waals surface area contributed by atoms with Crippen molar-refractivity contribution in [2.75, 3.05) is 13.1 Å². The van der Waals surface area contributed by atoms with Crippen LogP contribution in [0.1, 0.15) is 13.3 Å². The summed E-state index contributed by atoms with van der Waals surface area (Å²) in [4.78, 5) is 0. The van der Waals surface area contributed by atoms with Crippen molar-refractivity contribution in [2.45, 2.75) is 26.0 Å². The standard InChI is InChI=1S/C9H17N3O/c1-2-4-10-7-9(13)8-12-6-3-5-11-12/h3,5-6,9-10,13H,2,4,7-8H2,1H3. The molecule has 0 aliphatic heterocycles. The van der Waals surface area contributed by atoms with Crippen molar-refractivity contribution in [2.24, 2.45) is 0 Å². The zero-order chi connectivity index (χ0) is 9.52. The van der Waals surface area contributed by atoms with Gasteiger partial charge in [-0.25, -0.2) is 0 Å². The monoisotopic (exact) mass is 183 g/mol. The van der Waals surface area contributed by atoms with E-state index in [-0.39, 0.29) is 6.10 Å². The molecule has 4 nitrogen and oxygen atoms in total. The Bertz CT molecular complexity index is 211. The quantitative estimate of drug-likeness (QED) is 0.621. The van der Waals surface area contributed by atoms with Gasteiger partial charge in [-0.15, -0.1) is 0 Å². The van der Waals surface area contributed by atoms with E-state index in [2.05, 4.69) is 17.3 Å². The molecular weight excluding hydrogens is 166 g/mol. The Labute approximate surface area is 78.6 Å². The summed E-state index contributed by atoms with van der Waals surface area (Å²) < 4.78 is 1.73. The SMILES string of the molecule is CCCNCC(O)Cn1cccn1. The van der Waals surface area contributed by atoms with Crippen LogP contribution in [0.3, 0.4) is 0 Å². The Morgan fingerprint density at radius 2 is 2.46 bits per heavy atom. The van der Waals surface area contributed by atoms with Crippen LogP contribution in [0.5, 0.6) is 0 Å². The first kappa shape index (κ1) is 10.2. The van der Waals surface area contributed by atoms with Crippen molar-refractivity contribution in [3.63, 3.8) is 0 Å². The predicted octanol–water partition coefficient (Wildman–Crippen LogP) is 0.244. The molecule has 1 unspecified atom stereocenters. The number of rotatable bonds is 6. The van der Waals surface area contributed by atoms with Gasteiger partial charge in [-0.3, -0.25) is 4.68 Å². The van der Waals surface area contributed by atoms with Crippen LogP contribution < -0.4 is 5.32 Å². The van der Waals surface area contributed by atoms with E-state index in [0.29, 0.717) is 13.1 Å². The van der Waals surface area contributed by atoms with E-state index in [9.17, 15) is 5.11 Å². The van der Waals surface area contributed by atoms with Crippen LogP contribution in [0, 0.1) is 0 Å². The Balaban J connectivity index is 2.14. The molecule has 4 heteroatoms. The van der Waals surface area contributed by atoms with Crippen LogP contribution in [0.25, 0.3) is 0 Å². The van der Waals surface area contributed by atoms with Crippen LogP contribution in [0.2, 0.25) is 0 Å². The topological polar surface area (TPSA) is 50.1 Å². The molecule has 0 bridgehead atoms. The molecular formula is C9H17N3O. The highest BCUT2D eigenvalue weighted by Crippen LogP contribution is 1.89. The average molecular weight is 183 g/mol. The summed E-state index contributed by atoms with van der Waals surface area (Å²) in [5.41, 5.74) is 0. The summed E-state index contributed by atoms with van der Waals surface area (Å²) in [5, 5.41) is 16.7. The summed E-state index contributed by atoms with van der Waals surface area (Å²) in [5.74, 6) is 0.